The molecule has 1 heterocycles. The lowest BCUT2D eigenvalue weighted by atomic mass is 9.81. The van der Waals surface area contributed by atoms with Crippen LogP contribution in [0, 0.1) is 5.92 Å². The quantitative estimate of drug-likeness (QED) is 0.810. The molecule has 2 aromatic rings. The van der Waals surface area contributed by atoms with Crippen molar-refractivity contribution in [3.8, 4) is 0 Å². The second-order valence-corrected chi connectivity index (χ2v) is 7.98. The van der Waals surface area contributed by atoms with Crippen LogP contribution < -0.4 is 10.2 Å². The molecule has 2 unspecified atom stereocenters. The Morgan fingerprint density at radius 2 is 1.70 bits per heavy atom. The third-order valence-electron chi connectivity index (χ3n) is 6.08. The first-order chi connectivity index (χ1) is 14.6. The summed E-state index contributed by atoms with van der Waals surface area (Å²) >= 11 is 0. The van der Waals surface area contributed by atoms with E-state index in [1.165, 1.54) is 10.5 Å². The van der Waals surface area contributed by atoms with Crippen LogP contribution >= 0.6 is 0 Å². The fourth-order valence-electron chi connectivity index (χ4n) is 4.48. The normalized spacial score (nSPS) is 21.4. The van der Waals surface area contributed by atoms with Crippen molar-refractivity contribution in [2.75, 3.05) is 16.8 Å². The van der Waals surface area contributed by atoms with Crippen molar-refractivity contribution in [3.05, 3.63) is 60.2 Å². The lowest BCUT2D eigenvalue weighted by molar-refractivity contribution is -0.128. The molecule has 2 atom stereocenters. The highest BCUT2D eigenvalue weighted by Crippen LogP contribution is 2.36. The molecule has 0 aromatic heterocycles. The smallest absolute Gasteiger partial charge is 0.325 e. The van der Waals surface area contributed by atoms with E-state index >= 15 is 0 Å². The van der Waals surface area contributed by atoms with Crippen LogP contribution in [-0.4, -0.2) is 35.3 Å². The van der Waals surface area contributed by atoms with Gasteiger partial charge in [0.1, 0.15) is 6.54 Å². The van der Waals surface area contributed by atoms with E-state index in [9.17, 15) is 14.4 Å². The number of anilines is 2. The molecule has 1 N–H and O–H groups in total. The molecule has 4 amide bonds. The van der Waals surface area contributed by atoms with Crippen LogP contribution in [-0.2, 0) is 16.0 Å². The van der Waals surface area contributed by atoms with E-state index in [4.69, 9.17) is 0 Å². The minimum Gasteiger partial charge on any atom is -0.325 e. The summed E-state index contributed by atoms with van der Waals surface area (Å²) in [6.07, 6.45) is 4.36. The van der Waals surface area contributed by atoms with Crippen LogP contribution in [0.2, 0.25) is 0 Å². The van der Waals surface area contributed by atoms with Crippen molar-refractivity contribution in [1.82, 2.24) is 4.90 Å². The molecule has 1 saturated heterocycles. The highest BCUT2D eigenvalue weighted by Gasteiger charge is 2.47. The summed E-state index contributed by atoms with van der Waals surface area (Å²) in [5, 5.41) is 2.89. The van der Waals surface area contributed by atoms with Gasteiger partial charge in [-0.25, -0.2) is 9.69 Å². The van der Waals surface area contributed by atoms with Gasteiger partial charge < -0.3 is 10.2 Å². The van der Waals surface area contributed by atoms with Gasteiger partial charge in [0.25, 0.3) is 0 Å². The predicted octanol–water partition coefficient (Wildman–Crippen LogP) is 4.22. The summed E-state index contributed by atoms with van der Waals surface area (Å²) in [7, 11) is 0. The number of para-hydroxylation sites is 1. The minimum atomic E-state index is -0.411. The van der Waals surface area contributed by atoms with Crippen LogP contribution in [0.5, 0.6) is 0 Å². The topological polar surface area (TPSA) is 69.7 Å². The van der Waals surface area contributed by atoms with Crippen LogP contribution in [0.3, 0.4) is 0 Å². The average molecular weight is 405 g/mol. The van der Waals surface area contributed by atoms with Crippen molar-refractivity contribution in [3.63, 3.8) is 0 Å². The van der Waals surface area contributed by atoms with Gasteiger partial charge in [-0.1, -0.05) is 50.1 Å². The number of hydrogen-bond donors (Lipinski definition) is 1. The summed E-state index contributed by atoms with van der Waals surface area (Å²) in [5.41, 5.74) is 2.45. The van der Waals surface area contributed by atoms with E-state index in [0.29, 0.717) is 11.4 Å². The number of carbonyl (C=O) groups is 3. The van der Waals surface area contributed by atoms with Crippen molar-refractivity contribution in [2.24, 2.45) is 5.92 Å². The highest BCUT2D eigenvalue weighted by molar-refractivity contribution is 6.17. The standard InChI is InChI=1S/C24H27N3O3/c1-2-17-12-14-18(15-13-17)25-22(28)16-26-21-11-7-6-10-20(21)23(29)27(24(26)30)19-8-4-3-5-9-19/h3-5,8-9,12-15,20-21H,2,6-7,10-11,16H2,1H3,(H,25,28). The SMILES string of the molecule is CCc1ccc(NC(=O)CN2C(=O)N(c3ccccc3)C(=O)C3CCCCC32)cc1. The van der Waals surface area contributed by atoms with Gasteiger partial charge in [0.05, 0.1) is 11.6 Å². The third kappa shape index (κ3) is 3.95. The van der Waals surface area contributed by atoms with Crippen molar-refractivity contribution in [2.45, 2.75) is 45.1 Å². The number of amides is 4. The first kappa shape index (κ1) is 20.1. The lowest BCUT2D eigenvalue weighted by Gasteiger charge is -2.46. The monoisotopic (exact) mass is 405 g/mol. The fourth-order valence-corrected chi connectivity index (χ4v) is 4.48. The molecule has 1 aliphatic heterocycles. The molecule has 0 radical (unpaired) electrons. The molecule has 6 nitrogen and oxygen atoms in total. The molecule has 1 aliphatic carbocycles. The molecular formula is C24H27N3O3. The largest absolute Gasteiger partial charge is 0.332 e. The van der Waals surface area contributed by atoms with E-state index in [0.717, 1.165) is 32.1 Å². The van der Waals surface area contributed by atoms with E-state index in [-0.39, 0.29) is 30.3 Å². The fraction of sp³-hybridized carbons (Fsp3) is 0.375. The van der Waals surface area contributed by atoms with Gasteiger partial charge in [0, 0.05) is 11.7 Å². The van der Waals surface area contributed by atoms with Crippen LogP contribution in [0.25, 0.3) is 0 Å². The number of aryl methyl sites for hydroxylation is 1. The predicted molar refractivity (Wildman–Crippen MR) is 116 cm³/mol. The second kappa shape index (κ2) is 8.69. The van der Waals surface area contributed by atoms with E-state index < -0.39 is 6.03 Å². The number of nitrogens with zero attached hydrogens (tertiary/aromatic N) is 2. The molecule has 2 aliphatic rings. The Balaban J connectivity index is 1.55. The Morgan fingerprint density at radius 3 is 2.40 bits per heavy atom. The van der Waals surface area contributed by atoms with Gasteiger partial charge in [-0.15, -0.1) is 0 Å². The zero-order valence-corrected chi connectivity index (χ0v) is 17.2. The van der Waals surface area contributed by atoms with E-state index in [2.05, 4.69) is 12.2 Å². The number of rotatable bonds is 5. The molecule has 156 valence electrons. The number of benzene rings is 2. The van der Waals surface area contributed by atoms with Gasteiger partial charge >= 0.3 is 6.03 Å². The number of carbonyl (C=O) groups excluding carboxylic acids is 3. The Morgan fingerprint density at radius 1 is 1.00 bits per heavy atom. The zero-order chi connectivity index (χ0) is 21.1. The third-order valence-corrected chi connectivity index (χ3v) is 6.08. The maximum Gasteiger partial charge on any atom is 0.332 e. The molecule has 4 rings (SSSR count). The van der Waals surface area contributed by atoms with Crippen LogP contribution in [0.1, 0.15) is 38.2 Å². The highest BCUT2D eigenvalue weighted by atomic mass is 16.2. The first-order valence-corrected chi connectivity index (χ1v) is 10.7. The second-order valence-electron chi connectivity index (χ2n) is 7.98. The summed E-state index contributed by atoms with van der Waals surface area (Å²) in [6.45, 7) is 2.02. The number of nitrogens with one attached hydrogen (secondary N) is 1. The Labute approximate surface area is 176 Å². The van der Waals surface area contributed by atoms with Gasteiger partial charge in [-0.2, -0.15) is 0 Å². The van der Waals surface area contributed by atoms with Crippen LogP contribution in [0.4, 0.5) is 16.2 Å². The average Bonchev–Trinajstić information content (AvgIpc) is 2.78. The van der Waals surface area contributed by atoms with Gasteiger partial charge in [-0.3, -0.25) is 9.59 Å². The zero-order valence-electron chi connectivity index (χ0n) is 17.2. The summed E-state index contributed by atoms with van der Waals surface area (Å²) < 4.78 is 0. The van der Waals surface area contributed by atoms with Crippen molar-refractivity contribution in [1.29, 1.82) is 0 Å². The molecule has 0 bridgehead atoms. The molecule has 6 heteroatoms. The Hall–Kier alpha value is -3.15. The van der Waals surface area contributed by atoms with Crippen LogP contribution in [0.15, 0.2) is 54.6 Å². The van der Waals surface area contributed by atoms with Crippen molar-refractivity contribution < 1.29 is 14.4 Å². The molecular weight excluding hydrogens is 378 g/mol. The summed E-state index contributed by atoms with van der Waals surface area (Å²) in [5.74, 6) is -0.657. The molecule has 2 fully saturated rings. The van der Waals surface area contributed by atoms with Gasteiger partial charge in [0.2, 0.25) is 11.8 Å². The number of hydrogen-bond acceptors (Lipinski definition) is 3. The van der Waals surface area contributed by atoms with Crippen molar-refractivity contribution >= 4 is 29.2 Å². The van der Waals surface area contributed by atoms with Gasteiger partial charge in [0.15, 0.2) is 0 Å². The molecule has 0 spiro atoms. The maximum atomic E-state index is 13.3. The minimum absolute atomic E-state index is 0.0634. The Bertz CT molecular complexity index is 926. The maximum absolute atomic E-state index is 13.3. The Kier molecular flexibility index (Phi) is 5.84. The summed E-state index contributed by atoms with van der Waals surface area (Å²) in [4.78, 5) is 42.1. The lowest BCUT2D eigenvalue weighted by Crippen LogP contribution is -2.64. The molecule has 1 saturated carbocycles. The summed E-state index contributed by atoms with van der Waals surface area (Å²) in [6, 6.07) is 16.1. The molecule has 2 aromatic carbocycles. The van der Waals surface area contributed by atoms with E-state index in [1.54, 1.807) is 29.2 Å². The molecule has 30 heavy (non-hydrogen) atoms. The van der Waals surface area contributed by atoms with Gasteiger partial charge in [-0.05, 0) is 49.1 Å². The number of imide groups is 1. The number of fused-ring (bicyclic) bond motifs is 1. The first-order valence-electron chi connectivity index (χ1n) is 10.7. The number of urea groups is 1. The van der Waals surface area contributed by atoms with E-state index in [1.807, 2.05) is 30.3 Å².